The van der Waals surface area contributed by atoms with Crippen molar-refractivity contribution in [3.05, 3.63) is 100 Å². The van der Waals surface area contributed by atoms with Crippen LogP contribution in [0.15, 0.2) is 71.6 Å². The zero-order valence-electron chi connectivity index (χ0n) is 17.9. The van der Waals surface area contributed by atoms with E-state index in [9.17, 15) is 10.1 Å². The topological polar surface area (TPSA) is 109 Å². The monoisotopic (exact) mass is 445 g/mol. The number of aromatic nitrogens is 4. The molecule has 2 aromatic carbocycles. The molecule has 4 rings (SSSR count). The van der Waals surface area contributed by atoms with Crippen LogP contribution in [0.25, 0.3) is 12.2 Å². The Morgan fingerprint density at radius 1 is 1.12 bits per heavy atom. The van der Waals surface area contributed by atoms with Gasteiger partial charge in [0.25, 0.3) is 5.69 Å². The number of nitro benzene ring substituents is 1. The van der Waals surface area contributed by atoms with Crippen molar-refractivity contribution in [3.63, 3.8) is 0 Å². The molecule has 0 saturated carbocycles. The lowest BCUT2D eigenvalue weighted by Crippen LogP contribution is -1.99. The van der Waals surface area contributed by atoms with Crippen LogP contribution in [-0.2, 0) is 19.6 Å². The molecule has 33 heavy (non-hydrogen) atoms. The van der Waals surface area contributed by atoms with Gasteiger partial charge in [-0.2, -0.15) is 0 Å². The van der Waals surface area contributed by atoms with E-state index in [1.54, 1.807) is 30.5 Å². The van der Waals surface area contributed by atoms with E-state index in [0.717, 1.165) is 31.6 Å². The van der Waals surface area contributed by atoms with Crippen LogP contribution in [0.5, 0.6) is 5.75 Å². The summed E-state index contributed by atoms with van der Waals surface area (Å²) in [6.07, 6.45) is 11.6. The average Bonchev–Trinajstić information content (AvgIpc) is 3.52. The van der Waals surface area contributed by atoms with Crippen LogP contribution < -0.4 is 4.74 Å². The number of rotatable bonds is 11. The van der Waals surface area contributed by atoms with E-state index in [1.807, 2.05) is 23.0 Å². The summed E-state index contributed by atoms with van der Waals surface area (Å²) in [5.41, 5.74) is 2.65. The predicted octanol–water partition coefficient (Wildman–Crippen LogP) is 4.95. The van der Waals surface area contributed by atoms with Gasteiger partial charge in [0, 0.05) is 31.0 Å². The minimum atomic E-state index is -0.425. The van der Waals surface area contributed by atoms with Crippen molar-refractivity contribution < 1.29 is 14.1 Å². The number of oxazole rings is 1. The molecule has 0 aliphatic rings. The fraction of sp³-hybridized carbons (Fsp3) is 0.208. The molecular formula is C24H23N5O4. The van der Waals surface area contributed by atoms with Gasteiger partial charge in [-0.1, -0.05) is 29.5 Å². The molecule has 9 heteroatoms. The van der Waals surface area contributed by atoms with Crippen molar-refractivity contribution in [1.29, 1.82) is 0 Å². The number of hydrogen-bond donors (Lipinski definition) is 0. The van der Waals surface area contributed by atoms with Gasteiger partial charge in [-0.25, -0.2) is 4.98 Å². The summed E-state index contributed by atoms with van der Waals surface area (Å²) in [6.45, 7) is 1.16. The van der Waals surface area contributed by atoms with Crippen molar-refractivity contribution >= 4 is 17.8 Å². The lowest BCUT2D eigenvalue weighted by molar-refractivity contribution is -0.384. The first-order chi connectivity index (χ1) is 16.2. The molecule has 2 aromatic heterocycles. The maximum Gasteiger partial charge on any atom is 0.270 e. The van der Waals surface area contributed by atoms with Gasteiger partial charge in [0.05, 0.1) is 11.1 Å². The smallest absolute Gasteiger partial charge is 0.270 e. The first kappa shape index (κ1) is 21.9. The van der Waals surface area contributed by atoms with Gasteiger partial charge < -0.3 is 9.15 Å². The second-order valence-corrected chi connectivity index (χ2v) is 7.42. The van der Waals surface area contributed by atoms with Crippen LogP contribution in [0.2, 0.25) is 0 Å². The molecule has 9 nitrogen and oxygen atoms in total. The summed E-state index contributed by atoms with van der Waals surface area (Å²) < 4.78 is 13.1. The largest absolute Gasteiger partial charge is 0.487 e. The number of unbranched alkanes of at least 4 members (excludes halogenated alkanes) is 1. The van der Waals surface area contributed by atoms with Gasteiger partial charge in [0.15, 0.2) is 0 Å². The van der Waals surface area contributed by atoms with Crippen molar-refractivity contribution in [2.45, 2.75) is 32.4 Å². The molecule has 168 valence electrons. The highest BCUT2D eigenvalue weighted by Gasteiger charge is 2.06. The Balaban J connectivity index is 1.22. The molecule has 0 aliphatic heterocycles. The maximum absolute atomic E-state index is 10.9. The van der Waals surface area contributed by atoms with Gasteiger partial charge in [-0.15, -0.1) is 5.10 Å². The molecule has 0 spiro atoms. The summed E-state index contributed by atoms with van der Waals surface area (Å²) in [5.74, 6) is 1.17. The molecule has 0 aliphatic carbocycles. The van der Waals surface area contributed by atoms with Gasteiger partial charge >= 0.3 is 0 Å². The van der Waals surface area contributed by atoms with E-state index in [-0.39, 0.29) is 12.3 Å². The van der Waals surface area contributed by atoms with Crippen LogP contribution >= 0.6 is 0 Å². The third-order valence-electron chi connectivity index (χ3n) is 4.95. The van der Waals surface area contributed by atoms with E-state index in [2.05, 4.69) is 27.4 Å². The number of non-ortho nitro benzene ring substituents is 1. The second kappa shape index (κ2) is 10.9. The van der Waals surface area contributed by atoms with Crippen LogP contribution in [0.4, 0.5) is 5.69 Å². The molecule has 0 radical (unpaired) electrons. The Bertz CT molecular complexity index is 1200. The molecule has 4 aromatic rings. The summed E-state index contributed by atoms with van der Waals surface area (Å²) in [4.78, 5) is 14.8. The average molecular weight is 445 g/mol. The molecule has 2 heterocycles. The molecule has 0 amide bonds. The molecule has 0 bridgehead atoms. The lowest BCUT2D eigenvalue weighted by Gasteiger charge is -2.06. The first-order valence-electron chi connectivity index (χ1n) is 10.6. The first-order valence-corrected chi connectivity index (χ1v) is 10.6. The van der Waals surface area contributed by atoms with Crippen molar-refractivity contribution in [2.24, 2.45) is 0 Å². The summed E-state index contributed by atoms with van der Waals surface area (Å²) in [6, 6.07) is 14.4. The summed E-state index contributed by atoms with van der Waals surface area (Å²) in [5, 5.41) is 18.6. The molecule has 0 atom stereocenters. The zero-order valence-corrected chi connectivity index (χ0v) is 17.9. The van der Waals surface area contributed by atoms with E-state index in [0.29, 0.717) is 17.1 Å². The molecular weight excluding hydrogens is 422 g/mol. The number of aryl methyl sites for hydroxylation is 2. The molecule has 0 unspecified atom stereocenters. The highest BCUT2D eigenvalue weighted by atomic mass is 16.6. The van der Waals surface area contributed by atoms with Crippen molar-refractivity contribution in [1.82, 2.24) is 20.0 Å². The van der Waals surface area contributed by atoms with Gasteiger partial charge in [0.1, 0.15) is 24.3 Å². The number of hydrogen-bond acceptors (Lipinski definition) is 7. The van der Waals surface area contributed by atoms with Crippen LogP contribution in [0, 0.1) is 10.1 Å². The van der Waals surface area contributed by atoms with Crippen molar-refractivity contribution in [2.75, 3.05) is 0 Å². The molecule has 0 fully saturated rings. The van der Waals surface area contributed by atoms with E-state index in [1.165, 1.54) is 24.0 Å². The third-order valence-corrected chi connectivity index (χ3v) is 4.95. The lowest BCUT2D eigenvalue weighted by atomic mass is 10.1. The Kier molecular flexibility index (Phi) is 7.22. The van der Waals surface area contributed by atoms with E-state index < -0.39 is 4.92 Å². The minimum absolute atomic E-state index is 0.0384. The van der Waals surface area contributed by atoms with E-state index >= 15 is 0 Å². The Morgan fingerprint density at radius 3 is 2.79 bits per heavy atom. The van der Waals surface area contributed by atoms with E-state index in [4.69, 9.17) is 9.15 Å². The number of benzene rings is 2. The number of ether oxygens (including phenoxy) is 1. The predicted molar refractivity (Wildman–Crippen MR) is 122 cm³/mol. The minimum Gasteiger partial charge on any atom is -0.487 e. The number of nitro groups is 1. The Morgan fingerprint density at radius 2 is 2.00 bits per heavy atom. The second-order valence-electron chi connectivity index (χ2n) is 7.42. The highest BCUT2D eigenvalue weighted by Crippen LogP contribution is 2.18. The summed E-state index contributed by atoms with van der Waals surface area (Å²) in [7, 11) is 0. The van der Waals surface area contributed by atoms with Gasteiger partial charge in [0.2, 0.25) is 5.89 Å². The fourth-order valence-electron chi connectivity index (χ4n) is 3.24. The molecule has 0 saturated heterocycles. The van der Waals surface area contributed by atoms with Crippen LogP contribution in [0.3, 0.4) is 0 Å². The SMILES string of the molecule is O=[N+]([O-])c1cccc(C=Cc2nc(COc3ccc(CCCCn4ccnn4)cc3)co2)c1. The van der Waals surface area contributed by atoms with Crippen molar-refractivity contribution in [3.8, 4) is 5.75 Å². The standard InChI is InChI=1S/C24H23N5O4/c30-29(31)22-6-3-5-20(16-22)9-12-24-26-21(18-33-24)17-32-23-10-7-19(8-11-23)4-1-2-14-28-15-13-25-27-28/h3,5-13,15-16,18H,1-2,4,14,17H2. The Hall–Kier alpha value is -4.27. The Labute approximate surface area is 190 Å². The third kappa shape index (κ3) is 6.60. The maximum atomic E-state index is 10.9. The highest BCUT2D eigenvalue weighted by molar-refractivity contribution is 5.67. The zero-order chi connectivity index (χ0) is 22.9. The quantitative estimate of drug-likeness (QED) is 0.183. The van der Waals surface area contributed by atoms with Crippen LogP contribution in [0.1, 0.15) is 35.6 Å². The number of nitrogens with zero attached hydrogens (tertiary/aromatic N) is 5. The normalized spacial score (nSPS) is 11.2. The van der Waals surface area contributed by atoms with Crippen LogP contribution in [-0.4, -0.2) is 24.9 Å². The van der Waals surface area contributed by atoms with Gasteiger partial charge in [-0.05, 0) is 48.6 Å². The van der Waals surface area contributed by atoms with Gasteiger partial charge in [-0.3, -0.25) is 14.8 Å². The fourth-order valence-corrected chi connectivity index (χ4v) is 3.24. The summed E-state index contributed by atoms with van der Waals surface area (Å²) >= 11 is 0. The molecule has 0 N–H and O–H groups in total.